The van der Waals surface area contributed by atoms with Gasteiger partial charge < -0.3 is 15.8 Å². The third-order valence-corrected chi connectivity index (χ3v) is 3.06. The van der Waals surface area contributed by atoms with E-state index in [9.17, 15) is 4.79 Å². The lowest BCUT2D eigenvalue weighted by Gasteiger charge is -2.23. The van der Waals surface area contributed by atoms with E-state index in [1.807, 2.05) is 6.07 Å². The Balaban J connectivity index is 2.89. The Kier molecular flexibility index (Phi) is 5.01. The average Bonchev–Trinajstić information content (AvgIpc) is 2.35. The van der Waals surface area contributed by atoms with Crippen molar-refractivity contribution in [2.45, 2.75) is 33.2 Å². The molecule has 0 saturated carbocycles. The smallest absolute Gasteiger partial charge is 0.337 e. The summed E-state index contributed by atoms with van der Waals surface area (Å²) in [6.45, 7) is 6.47. The van der Waals surface area contributed by atoms with Crippen LogP contribution in [0, 0.1) is 5.92 Å². The maximum atomic E-state index is 11.4. The molecular weight excluding hydrogens is 228 g/mol. The van der Waals surface area contributed by atoms with Gasteiger partial charge in [0.05, 0.1) is 24.0 Å². The molecule has 0 heterocycles. The Labute approximate surface area is 109 Å². The summed E-state index contributed by atoms with van der Waals surface area (Å²) in [7, 11) is 1.36. The number of carbonyl (C=O) groups is 1. The van der Waals surface area contributed by atoms with Gasteiger partial charge in [-0.2, -0.15) is 0 Å². The molecule has 100 valence electrons. The van der Waals surface area contributed by atoms with Crippen molar-refractivity contribution in [2.75, 3.05) is 18.2 Å². The first-order valence-corrected chi connectivity index (χ1v) is 6.24. The number of benzene rings is 1. The first-order valence-electron chi connectivity index (χ1n) is 6.24. The number of nitrogen functional groups attached to an aromatic ring is 1. The van der Waals surface area contributed by atoms with Gasteiger partial charge in [-0.15, -0.1) is 0 Å². The topological polar surface area (TPSA) is 64.3 Å². The molecular formula is C14H22N2O2. The fourth-order valence-corrected chi connectivity index (χ4v) is 1.88. The molecule has 3 N–H and O–H groups in total. The number of hydrogen-bond donors (Lipinski definition) is 2. The number of methoxy groups -OCH3 is 1. The molecule has 4 heteroatoms. The molecule has 1 aromatic carbocycles. The molecule has 1 aromatic rings. The molecule has 1 atom stereocenters. The van der Waals surface area contributed by atoms with Crippen molar-refractivity contribution >= 4 is 17.3 Å². The number of nitrogens with two attached hydrogens (primary N) is 1. The predicted octanol–water partition coefficient (Wildman–Crippen LogP) is 2.90. The van der Waals surface area contributed by atoms with Crippen LogP contribution in [-0.2, 0) is 4.74 Å². The monoisotopic (exact) mass is 250 g/mol. The maximum Gasteiger partial charge on any atom is 0.337 e. The van der Waals surface area contributed by atoms with E-state index >= 15 is 0 Å². The van der Waals surface area contributed by atoms with Gasteiger partial charge in [-0.3, -0.25) is 0 Å². The quantitative estimate of drug-likeness (QED) is 0.623. The number of nitrogens with one attached hydrogen (secondary N) is 1. The first kappa shape index (κ1) is 14.4. The third-order valence-electron chi connectivity index (χ3n) is 3.06. The summed E-state index contributed by atoms with van der Waals surface area (Å²) in [6, 6.07) is 5.56. The van der Waals surface area contributed by atoms with Gasteiger partial charge in [0.2, 0.25) is 0 Å². The highest BCUT2D eigenvalue weighted by Gasteiger charge is 2.13. The second-order valence-corrected chi connectivity index (χ2v) is 4.70. The molecule has 0 spiro atoms. The lowest BCUT2D eigenvalue weighted by atomic mass is 10.0. The van der Waals surface area contributed by atoms with Gasteiger partial charge in [0, 0.05) is 6.04 Å². The fourth-order valence-electron chi connectivity index (χ4n) is 1.88. The van der Waals surface area contributed by atoms with Crippen LogP contribution in [0.5, 0.6) is 0 Å². The Morgan fingerprint density at radius 2 is 2.11 bits per heavy atom. The van der Waals surface area contributed by atoms with Gasteiger partial charge in [0.25, 0.3) is 0 Å². The van der Waals surface area contributed by atoms with Crippen LogP contribution >= 0.6 is 0 Å². The third kappa shape index (κ3) is 3.39. The van der Waals surface area contributed by atoms with Crippen LogP contribution in [0.25, 0.3) is 0 Å². The zero-order valence-corrected chi connectivity index (χ0v) is 11.5. The Bertz CT molecular complexity index is 416. The minimum atomic E-state index is -0.371. The van der Waals surface area contributed by atoms with E-state index in [2.05, 4.69) is 30.8 Å². The van der Waals surface area contributed by atoms with Gasteiger partial charge in [-0.05, 0) is 30.5 Å². The van der Waals surface area contributed by atoms with Crippen LogP contribution in [0.1, 0.15) is 37.6 Å². The SMILES string of the molecule is CCC(Nc1ccc(C(=O)OC)cc1N)C(C)C. The van der Waals surface area contributed by atoms with Crippen LogP contribution < -0.4 is 11.1 Å². The zero-order valence-electron chi connectivity index (χ0n) is 11.5. The van der Waals surface area contributed by atoms with Crippen LogP contribution in [-0.4, -0.2) is 19.1 Å². The van der Waals surface area contributed by atoms with E-state index in [-0.39, 0.29) is 5.97 Å². The summed E-state index contributed by atoms with van der Waals surface area (Å²) in [5, 5.41) is 3.40. The van der Waals surface area contributed by atoms with Gasteiger partial charge in [-0.1, -0.05) is 20.8 Å². The van der Waals surface area contributed by atoms with Crippen molar-refractivity contribution in [3.8, 4) is 0 Å². The summed E-state index contributed by atoms with van der Waals surface area (Å²) in [5.41, 5.74) is 7.85. The van der Waals surface area contributed by atoms with E-state index in [1.165, 1.54) is 7.11 Å². The Morgan fingerprint density at radius 1 is 1.44 bits per heavy atom. The van der Waals surface area contributed by atoms with Crippen molar-refractivity contribution in [1.29, 1.82) is 0 Å². The number of ether oxygens (including phenoxy) is 1. The van der Waals surface area contributed by atoms with Crippen LogP contribution in [0.3, 0.4) is 0 Å². The molecule has 0 amide bonds. The summed E-state index contributed by atoms with van der Waals surface area (Å²) in [4.78, 5) is 11.4. The maximum absolute atomic E-state index is 11.4. The molecule has 1 unspecified atom stereocenters. The molecule has 0 aliphatic rings. The molecule has 4 nitrogen and oxygen atoms in total. The molecule has 1 rings (SSSR count). The number of anilines is 2. The van der Waals surface area contributed by atoms with E-state index < -0.39 is 0 Å². The number of hydrogen-bond acceptors (Lipinski definition) is 4. The van der Waals surface area contributed by atoms with E-state index in [1.54, 1.807) is 12.1 Å². The molecule has 0 saturated heterocycles. The lowest BCUT2D eigenvalue weighted by Crippen LogP contribution is -2.25. The number of carbonyl (C=O) groups excluding carboxylic acids is 1. The largest absolute Gasteiger partial charge is 0.465 e. The highest BCUT2D eigenvalue weighted by Crippen LogP contribution is 2.23. The molecule has 0 aromatic heterocycles. The molecule has 0 aliphatic carbocycles. The van der Waals surface area contributed by atoms with Gasteiger partial charge in [0.1, 0.15) is 0 Å². The van der Waals surface area contributed by atoms with Crippen molar-refractivity contribution in [3.63, 3.8) is 0 Å². The summed E-state index contributed by atoms with van der Waals surface area (Å²) >= 11 is 0. The number of esters is 1. The standard InChI is InChI=1S/C14H22N2O2/c1-5-12(9(2)3)16-13-7-6-10(8-11(13)15)14(17)18-4/h6-9,12,16H,5,15H2,1-4H3. The lowest BCUT2D eigenvalue weighted by molar-refractivity contribution is 0.0601. The number of rotatable bonds is 5. The molecule has 0 radical (unpaired) electrons. The Hall–Kier alpha value is -1.71. The second-order valence-electron chi connectivity index (χ2n) is 4.70. The average molecular weight is 250 g/mol. The Morgan fingerprint density at radius 3 is 2.56 bits per heavy atom. The molecule has 0 bridgehead atoms. The van der Waals surface area contributed by atoms with E-state index in [4.69, 9.17) is 5.73 Å². The van der Waals surface area contributed by atoms with Gasteiger partial charge in [-0.25, -0.2) is 4.79 Å². The predicted molar refractivity (Wildman–Crippen MR) is 74.7 cm³/mol. The molecule has 18 heavy (non-hydrogen) atoms. The van der Waals surface area contributed by atoms with E-state index in [0.29, 0.717) is 23.2 Å². The van der Waals surface area contributed by atoms with Crippen LogP contribution in [0.15, 0.2) is 18.2 Å². The molecule has 0 aliphatic heterocycles. The van der Waals surface area contributed by atoms with Gasteiger partial charge >= 0.3 is 5.97 Å². The minimum absolute atomic E-state index is 0.371. The van der Waals surface area contributed by atoms with Crippen molar-refractivity contribution in [2.24, 2.45) is 5.92 Å². The summed E-state index contributed by atoms with van der Waals surface area (Å²) < 4.78 is 4.66. The van der Waals surface area contributed by atoms with Crippen LogP contribution in [0.2, 0.25) is 0 Å². The zero-order chi connectivity index (χ0) is 13.7. The van der Waals surface area contributed by atoms with Gasteiger partial charge in [0.15, 0.2) is 0 Å². The first-order chi connectivity index (χ1) is 8.49. The second kappa shape index (κ2) is 6.28. The van der Waals surface area contributed by atoms with E-state index in [0.717, 1.165) is 12.1 Å². The fraction of sp³-hybridized carbons (Fsp3) is 0.500. The minimum Gasteiger partial charge on any atom is -0.465 e. The normalized spacial score (nSPS) is 12.3. The van der Waals surface area contributed by atoms with Crippen molar-refractivity contribution in [3.05, 3.63) is 23.8 Å². The highest BCUT2D eigenvalue weighted by molar-refractivity contribution is 5.91. The molecule has 0 fully saturated rings. The van der Waals surface area contributed by atoms with Crippen LogP contribution in [0.4, 0.5) is 11.4 Å². The summed E-state index contributed by atoms with van der Waals surface area (Å²) in [6.07, 6.45) is 1.02. The highest BCUT2D eigenvalue weighted by atomic mass is 16.5. The van der Waals surface area contributed by atoms with Crippen molar-refractivity contribution in [1.82, 2.24) is 0 Å². The summed E-state index contributed by atoms with van der Waals surface area (Å²) in [5.74, 6) is 0.152. The van der Waals surface area contributed by atoms with Crippen molar-refractivity contribution < 1.29 is 9.53 Å².